The zero-order chi connectivity index (χ0) is 16.0. The van der Waals surface area contributed by atoms with Crippen LogP contribution in [0, 0.1) is 0 Å². The van der Waals surface area contributed by atoms with Crippen molar-refractivity contribution in [1.29, 1.82) is 0 Å². The third-order valence-corrected chi connectivity index (χ3v) is 4.71. The number of hydrogen-bond donors (Lipinski definition) is 2. The number of nitrogens with two attached hydrogens (primary N) is 1. The Hall–Kier alpha value is -1.38. The summed E-state index contributed by atoms with van der Waals surface area (Å²) < 4.78 is 11.9. The second kappa shape index (κ2) is 7.58. The van der Waals surface area contributed by atoms with Crippen LogP contribution in [-0.2, 0) is 16.2 Å². The summed E-state index contributed by atoms with van der Waals surface area (Å²) in [6.07, 6.45) is -1.10. The maximum atomic E-state index is 10.7. The molecular weight excluding hydrogens is 290 g/mol. The first-order chi connectivity index (χ1) is 9.70. The van der Waals surface area contributed by atoms with E-state index in [-0.39, 0.29) is 6.73 Å². The summed E-state index contributed by atoms with van der Waals surface area (Å²) in [5.41, 5.74) is 5.47. The molecule has 1 amide bonds. The highest BCUT2D eigenvalue weighted by atomic mass is 28.3. The predicted molar refractivity (Wildman–Crippen MR) is 81.4 cm³/mol. The third kappa shape index (κ3) is 6.28. The fraction of sp³-hybridized carbons (Fsp3) is 0.692. The van der Waals surface area contributed by atoms with Crippen molar-refractivity contribution in [2.75, 3.05) is 6.61 Å². The standard InChI is InChI=1S/C13H25N3O4Si/c1-10(20-13(14)18)12(17)11-5-6-15-16(11)9-19-7-8-21(2,3)4/h5-6,10,12,17H,7-9H2,1-4H3,(H2,14,18). The van der Waals surface area contributed by atoms with Crippen molar-refractivity contribution in [3.63, 3.8) is 0 Å². The monoisotopic (exact) mass is 315 g/mol. The van der Waals surface area contributed by atoms with Crippen LogP contribution in [0.1, 0.15) is 18.7 Å². The number of aromatic nitrogens is 2. The Labute approximate surface area is 126 Å². The molecule has 2 unspecified atom stereocenters. The van der Waals surface area contributed by atoms with Gasteiger partial charge in [0.15, 0.2) is 0 Å². The number of ether oxygens (including phenoxy) is 2. The summed E-state index contributed by atoms with van der Waals surface area (Å²) in [6, 6.07) is 2.72. The molecule has 0 spiro atoms. The van der Waals surface area contributed by atoms with E-state index in [9.17, 15) is 9.90 Å². The molecule has 1 rings (SSSR count). The average Bonchev–Trinajstić information content (AvgIpc) is 2.79. The van der Waals surface area contributed by atoms with E-state index in [1.807, 2.05) is 0 Å². The Morgan fingerprint density at radius 1 is 1.52 bits per heavy atom. The van der Waals surface area contributed by atoms with E-state index in [1.165, 1.54) is 0 Å². The highest BCUT2D eigenvalue weighted by molar-refractivity contribution is 6.76. The first-order valence-corrected chi connectivity index (χ1v) is 10.6. The summed E-state index contributed by atoms with van der Waals surface area (Å²) in [6.45, 7) is 9.33. The lowest BCUT2D eigenvalue weighted by molar-refractivity contribution is 0.00414. The highest BCUT2D eigenvalue weighted by Gasteiger charge is 2.23. The van der Waals surface area contributed by atoms with Crippen molar-refractivity contribution in [3.05, 3.63) is 18.0 Å². The first kappa shape index (κ1) is 17.7. The van der Waals surface area contributed by atoms with Crippen LogP contribution in [0.15, 0.2) is 12.3 Å². The predicted octanol–water partition coefficient (Wildman–Crippen LogP) is 1.71. The number of rotatable bonds is 8. The Bertz CT molecular complexity index is 459. The lowest BCUT2D eigenvalue weighted by Crippen LogP contribution is -2.27. The molecule has 0 saturated heterocycles. The third-order valence-electron chi connectivity index (χ3n) is 3.01. The molecule has 0 saturated carbocycles. The van der Waals surface area contributed by atoms with Crippen LogP contribution in [0.2, 0.25) is 25.7 Å². The van der Waals surface area contributed by atoms with Crippen molar-refractivity contribution in [3.8, 4) is 0 Å². The molecule has 0 aliphatic heterocycles. The molecule has 3 N–H and O–H groups in total. The number of aliphatic hydroxyl groups is 1. The summed E-state index contributed by atoms with van der Waals surface area (Å²) in [5.74, 6) is 0. The van der Waals surface area contributed by atoms with Crippen molar-refractivity contribution in [2.45, 2.75) is 51.5 Å². The number of nitrogens with zero attached hydrogens (tertiary/aromatic N) is 2. The second-order valence-corrected chi connectivity index (χ2v) is 11.8. The van der Waals surface area contributed by atoms with Gasteiger partial charge in [0.1, 0.15) is 18.9 Å². The maximum absolute atomic E-state index is 10.7. The summed E-state index contributed by atoms with van der Waals surface area (Å²) >= 11 is 0. The normalized spacial score (nSPS) is 14.7. The molecule has 120 valence electrons. The van der Waals surface area contributed by atoms with Gasteiger partial charge >= 0.3 is 6.09 Å². The van der Waals surface area contributed by atoms with Gasteiger partial charge in [0.2, 0.25) is 0 Å². The van der Waals surface area contributed by atoms with E-state index in [1.54, 1.807) is 23.9 Å². The van der Waals surface area contributed by atoms with Gasteiger partial charge in [-0.1, -0.05) is 19.6 Å². The number of aliphatic hydroxyl groups excluding tert-OH is 1. The number of carbonyl (C=O) groups is 1. The molecule has 8 heteroatoms. The molecule has 2 atom stereocenters. The van der Waals surface area contributed by atoms with Crippen LogP contribution >= 0.6 is 0 Å². The summed E-state index contributed by atoms with van der Waals surface area (Å²) in [7, 11) is -1.13. The molecule has 1 heterocycles. The molecule has 0 aromatic carbocycles. The van der Waals surface area contributed by atoms with Crippen molar-refractivity contribution < 1.29 is 19.4 Å². The molecule has 0 bridgehead atoms. The Kier molecular flexibility index (Phi) is 6.37. The molecule has 1 aromatic rings. The van der Waals surface area contributed by atoms with Crippen LogP contribution in [0.3, 0.4) is 0 Å². The minimum absolute atomic E-state index is 0.257. The first-order valence-electron chi connectivity index (χ1n) is 6.94. The van der Waals surface area contributed by atoms with Gasteiger partial charge in [-0.25, -0.2) is 9.48 Å². The van der Waals surface area contributed by atoms with Gasteiger partial charge < -0.3 is 20.3 Å². The minimum Gasteiger partial charge on any atom is -0.443 e. The Balaban J connectivity index is 2.54. The van der Waals surface area contributed by atoms with Crippen LogP contribution in [0.5, 0.6) is 0 Å². The van der Waals surface area contributed by atoms with E-state index in [2.05, 4.69) is 24.7 Å². The summed E-state index contributed by atoms with van der Waals surface area (Å²) in [4.78, 5) is 10.7. The Morgan fingerprint density at radius 2 is 2.19 bits per heavy atom. The van der Waals surface area contributed by atoms with Crippen molar-refractivity contribution in [2.24, 2.45) is 5.73 Å². The zero-order valence-electron chi connectivity index (χ0n) is 13.1. The molecule has 0 radical (unpaired) electrons. The van der Waals surface area contributed by atoms with E-state index < -0.39 is 26.4 Å². The lowest BCUT2D eigenvalue weighted by Gasteiger charge is -2.20. The van der Waals surface area contributed by atoms with E-state index in [0.717, 1.165) is 6.04 Å². The van der Waals surface area contributed by atoms with Gasteiger partial charge in [0, 0.05) is 20.9 Å². The fourth-order valence-corrected chi connectivity index (χ4v) is 2.48. The topological polar surface area (TPSA) is 99.6 Å². The molecule has 21 heavy (non-hydrogen) atoms. The molecule has 0 aliphatic carbocycles. The second-order valence-electron chi connectivity index (χ2n) is 6.19. The lowest BCUT2D eigenvalue weighted by atomic mass is 10.1. The molecule has 1 aromatic heterocycles. The van der Waals surface area contributed by atoms with Crippen molar-refractivity contribution in [1.82, 2.24) is 9.78 Å². The SMILES string of the molecule is CC(OC(N)=O)C(O)c1ccnn1COCC[Si](C)(C)C. The van der Waals surface area contributed by atoms with Crippen molar-refractivity contribution >= 4 is 14.2 Å². The van der Waals surface area contributed by atoms with E-state index in [0.29, 0.717) is 12.3 Å². The minimum atomic E-state index is -1.13. The maximum Gasteiger partial charge on any atom is 0.404 e. The quantitative estimate of drug-likeness (QED) is 0.562. The molecule has 0 aliphatic rings. The molecular formula is C13H25N3O4Si. The van der Waals surface area contributed by atoms with Gasteiger partial charge in [-0.3, -0.25) is 0 Å². The number of primary amides is 1. The van der Waals surface area contributed by atoms with Crippen LogP contribution in [0.25, 0.3) is 0 Å². The molecule has 0 fully saturated rings. The Morgan fingerprint density at radius 3 is 2.76 bits per heavy atom. The van der Waals surface area contributed by atoms with Crippen LogP contribution < -0.4 is 5.73 Å². The van der Waals surface area contributed by atoms with Gasteiger partial charge in [0.25, 0.3) is 0 Å². The fourth-order valence-electron chi connectivity index (χ4n) is 1.72. The number of hydrogen-bond acceptors (Lipinski definition) is 5. The molecule has 7 nitrogen and oxygen atoms in total. The number of amides is 1. The zero-order valence-corrected chi connectivity index (χ0v) is 14.1. The van der Waals surface area contributed by atoms with Gasteiger partial charge in [0.05, 0.1) is 5.69 Å². The van der Waals surface area contributed by atoms with Gasteiger partial charge in [-0.15, -0.1) is 0 Å². The average molecular weight is 315 g/mol. The smallest absolute Gasteiger partial charge is 0.404 e. The highest BCUT2D eigenvalue weighted by Crippen LogP contribution is 2.19. The summed E-state index contributed by atoms with van der Waals surface area (Å²) in [5, 5.41) is 14.3. The number of carbonyl (C=O) groups excluding carboxylic acids is 1. The van der Waals surface area contributed by atoms with Crippen LogP contribution in [0.4, 0.5) is 4.79 Å². The largest absolute Gasteiger partial charge is 0.443 e. The van der Waals surface area contributed by atoms with Crippen LogP contribution in [-0.4, -0.2) is 41.8 Å². The van der Waals surface area contributed by atoms with E-state index >= 15 is 0 Å². The van der Waals surface area contributed by atoms with E-state index in [4.69, 9.17) is 15.2 Å². The van der Waals surface area contributed by atoms with Gasteiger partial charge in [-0.05, 0) is 19.0 Å². The van der Waals surface area contributed by atoms with Gasteiger partial charge in [-0.2, -0.15) is 5.10 Å².